The van der Waals surface area contributed by atoms with Crippen molar-refractivity contribution in [3.63, 3.8) is 0 Å². The van der Waals surface area contributed by atoms with Crippen molar-refractivity contribution in [2.75, 3.05) is 7.11 Å². The molecule has 0 spiro atoms. The van der Waals surface area contributed by atoms with Crippen molar-refractivity contribution in [2.24, 2.45) is 5.73 Å². The summed E-state index contributed by atoms with van der Waals surface area (Å²) in [4.78, 5) is 12.3. The Balaban J connectivity index is 1.61. The van der Waals surface area contributed by atoms with Crippen molar-refractivity contribution in [3.05, 3.63) is 72.1 Å². The van der Waals surface area contributed by atoms with Crippen LogP contribution in [-0.4, -0.2) is 23.2 Å². The molecule has 3 rings (SSSR count). The van der Waals surface area contributed by atoms with E-state index in [4.69, 9.17) is 10.5 Å². The highest BCUT2D eigenvalue weighted by atomic mass is 16.5. The summed E-state index contributed by atoms with van der Waals surface area (Å²) in [7, 11) is 1.61. The fraction of sp³-hybridized carbons (Fsp3) is 0.158. The van der Waals surface area contributed by atoms with Crippen molar-refractivity contribution in [3.8, 4) is 16.9 Å². The molecule has 3 aromatic rings. The highest BCUT2D eigenvalue weighted by Gasteiger charge is 2.15. The Hall–Kier alpha value is -3.12. The maximum Gasteiger partial charge on any atom is 0.241 e. The molecule has 1 unspecified atom stereocenters. The molecule has 0 radical (unpaired) electrons. The van der Waals surface area contributed by atoms with E-state index in [9.17, 15) is 4.79 Å². The fourth-order valence-electron chi connectivity index (χ4n) is 2.52. The van der Waals surface area contributed by atoms with Crippen LogP contribution in [0.1, 0.15) is 17.2 Å². The summed E-state index contributed by atoms with van der Waals surface area (Å²) in [5.74, 6) is 0.532. The number of ether oxygens (including phenoxy) is 1. The van der Waals surface area contributed by atoms with Crippen LogP contribution >= 0.6 is 0 Å². The van der Waals surface area contributed by atoms with Crippen LogP contribution in [0.25, 0.3) is 11.1 Å². The molecule has 128 valence electrons. The predicted molar refractivity (Wildman–Crippen MR) is 95.8 cm³/mol. The zero-order valence-corrected chi connectivity index (χ0v) is 13.9. The Kier molecular flexibility index (Phi) is 5.11. The van der Waals surface area contributed by atoms with E-state index in [0.29, 0.717) is 6.54 Å². The lowest BCUT2D eigenvalue weighted by Crippen LogP contribution is -2.33. The Labute approximate surface area is 146 Å². The Morgan fingerprint density at radius 2 is 2.04 bits per heavy atom. The topological polar surface area (TPSA) is 93.0 Å². The molecule has 1 atom stereocenters. The number of amides is 1. The van der Waals surface area contributed by atoms with Crippen LogP contribution in [0, 0.1) is 0 Å². The van der Waals surface area contributed by atoms with Crippen molar-refractivity contribution in [1.82, 2.24) is 15.5 Å². The predicted octanol–water partition coefficient (Wildman–Crippen LogP) is 2.40. The Morgan fingerprint density at radius 1 is 1.24 bits per heavy atom. The summed E-state index contributed by atoms with van der Waals surface area (Å²) in [6.07, 6.45) is 3.56. The third-order valence-corrected chi connectivity index (χ3v) is 3.98. The number of benzene rings is 2. The largest absolute Gasteiger partial charge is 0.497 e. The number of hydrogen-bond donors (Lipinski definition) is 3. The van der Waals surface area contributed by atoms with Gasteiger partial charge in [-0.05, 0) is 28.8 Å². The number of H-pyrrole nitrogens is 1. The van der Waals surface area contributed by atoms with Crippen LogP contribution in [0.4, 0.5) is 0 Å². The normalized spacial score (nSPS) is 11.8. The van der Waals surface area contributed by atoms with E-state index in [1.165, 1.54) is 0 Å². The quantitative estimate of drug-likeness (QED) is 0.644. The molecule has 1 heterocycles. The van der Waals surface area contributed by atoms with Crippen molar-refractivity contribution in [2.45, 2.75) is 12.6 Å². The standard InChI is InChI=1S/C19H20N4O2/c1-25-17-4-2-3-13(9-17)10-21-19(24)18(20)15-7-5-14(6-8-15)16-11-22-23-12-16/h2-9,11-12,18H,10,20H2,1H3,(H,21,24)(H,22,23). The second-order valence-electron chi connectivity index (χ2n) is 5.66. The number of carbonyl (C=O) groups excluding carboxylic acids is 1. The third kappa shape index (κ3) is 4.05. The van der Waals surface area contributed by atoms with E-state index in [2.05, 4.69) is 15.5 Å². The summed E-state index contributed by atoms with van der Waals surface area (Å²) >= 11 is 0. The molecule has 6 heteroatoms. The number of aromatic amines is 1. The van der Waals surface area contributed by atoms with Gasteiger partial charge in [-0.3, -0.25) is 9.89 Å². The molecular formula is C19H20N4O2. The van der Waals surface area contributed by atoms with Crippen LogP contribution in [-0.2, 0) is 11.3 Å². The third-order valence-electron chi connectivity index (χ3n) is 3.98. The van der Waals surface area contributed by atoms with Gasteiger partial charge in [-0.2, -0.15) is 5.10 Å². The second-order valence-corrected chi connectivity index (χ2v) is 5.66. The van der Waals surface area contributed by atoms with Gasteiger partial charge in [0, 0.05) is 18.3 Å². The van der Waals surface area contributed by atoms with Gasteiger partial charge >= 0.3 is 0 Å². The second kappa shape index (κ2) is 7.63. The number of methoxy groups -OCH3 is 1. The van der Waals surface area contributed by atoms with Crippen LogP contribution in [0.5, 0.6) is 5.75 Å². The molecule has 0 aliphatic rings. The van der Waals surface area contributed by atoms with Crippen LogP contribution in [0.15, 0.2) is 60.9 Å². The molecule has 0 fully saturated rings. The number of nitrogens with zero attached hydrogens (tertiary/aromatic N) is 1. The van der Waals surface area contributed by atoms with Crippen LogP contribution in [0.2, 0.25) is 0 Å². The van der Waals surface area contributed by atoms with Gasteiger partial charge < -0.3 is 15.8 Å². The number of nitrogens with two attached hydrogens (primary N) is 1. The molecule has 1 amide bonds. The molecule has 6 nitrogen and oxygen atoms in total. The number of rotatable bonds is 6. The minimum atomic E-state index is -0.719. The lowest BCUT2D eigenvalue weighted by Gasteiger charge is -2.13. The molecule has 1 aromatic heterocycles. The minimum absolute atomic E-state index is 0.223. The molecule has 4 N–H and O–H groups in total. The van der Waals surface area contributed by atoms with E-state index < -0.39 is 6.04 Å². The lowest BCUT2D eigenvalue weighted by atomic mass is 10.0. The van der Waals surface area contributed by atoms with Crippen molar-refractivity contribution in [1.29, 1.82) is 0 Å². The van der Waals surface area contributed by atoms with Gasteiger partial charge in [0.25, 0.3) is 0 Å². The molecule has 2 aromatic carbocycles. The molecule has 0 saturated carbocycles. The maximum atomic E-state index is 12.3. The van der Waals surface area contributed by atoms with E-state index >= 15 is 0 Å². The molecule has 0 saturated heterocycles. The van der Waals surface area contributed by atoms with E-state index in [0.717, 1.165) is 28.0 Å². The molecule has 0 aliphatic carbocycles. The minimum Gasteiger partial charge on any atom is -0.497 e. The Morgan fingerprint density at radius 3 is 2.72 bits per heavy atom. The Bertz CT molecular complexity index is 829. The number of nitrogens with one attached hydrogen (secondary N) is 2. The number of hydrogen-bond acceptors (Lipinski definition) is 4. The number of aromatic nitrogens is 2. The van der Waals surface area contributed by atoms with E-state index in [1.807, 2.05) is 54.7 Å². The van der Waals surface area contributed by atoms with E-state index in [1.54, 1.807) is 13.3 Å². The van der Waals surface area contributed by atoms with Crippen molar-refractivity contribution >= 4 is 5.91 Å². The van der Waals surface area contributed by atoms with Crippen molar-refractivity contribution < 1.29 is 9.53 Å². The van der Waals surface area contributed by atoms with E-state index in [-0.39, 0.29) is 5.91 Å². The average molecular weight is 336 g/mol. The van der Waals surface area contributed by atoms with Gasteiger partial charge in [0.1, 0.15) is 11.8 Å². The highest BCUT2D eigenvalue weighted by Crippen LogP contribution is 2.20. The number of carbonyl (C=O) groups is 1. The molecular weight excluding hydrogens is 316 g/mol. The average Bonchev–Trinajstić information content (AvgIpc) is 3.20. The molecule has 25 heavy (non-hydrogen) atoms. The fourth-order valence-corrected chi connectivity index (χ4v) is 2.52. The zero-order valence-electron chi connectivity index (χ0n) is 13.9. The summed E-state index contributed by atoms with van der Waals surface area (Å²) in [5, 5.41) is 9.56. The summed E-state index contributed by atoms with van der Waals surface area (Å²) in [6, 6.07) is 14.4. The van der Waals surface area contributed by atoms with Crippen LogP contribution in [0.3, 0.4) is 0 Å². The van der Waals surface area contributed by atoms with Gasteiger partial charge in [0.05, 0.1) is 13.3 Å². The first kappa shape index (κ1) is 16.7. The first-order valence-electron chi connectivity index (χ1n) is 7.92. The SMILES string of the molecule is COc1cccc(CNC(=O)C(N)c2ccc(-c3cn[nH]c3)cc2)c1. The maximum absolute atomic E-state index is 12.3. The smallest absolute Gasteiger partial charge is 0.241 e. The lowest BCUT2D eigenvalue weighted by molar-refractivity contribution is -0.122. The highest BCUT2D eigenvalue weighted by molar-refractivity contribution is 5.83. The van der Waals surface area contributed by atoms with Crippen LogP contribution < -0.4 is 15.8 Å². The van der Waals surface area contributed by atoms with Gasteiger partial charge in [0.2, 0.25) is 5.91 Å². The summed E-state index contributed by atoms with van der Waals surface area (Å²) in [5.41, 5.74) is 9.79. The molecule has 0 bridgehead atoms. The first-order chi connectivity index (χ1) is 12.2. The monoisotopic (exact) mass is 336 g/mol. The van der Waals surface area contributed by atoms with Gasteiger partial charge in [-0.15, -0.1) is 0 Å². The van der Waals surface area contributed by atoms with Gasteiger partial charge in [0.15, 0.2) is 0 Å². The zero-order chi connectivity index (χ0) is 17.6. The molecule has 0 aliphatic heterocycles. The summed E-state index contributed by atoms with van der Waals surface area (Å²) < 4.78 is 5.18. The van der Waals surface area contributed by atoms with Gasteiger partial charge in [-0.1, -0.05) is 36.4 Å². The summed E-state index contributed by atoms with van der Waals surface area (Å²) in [6.45, 7) is 0.400. The van der Waals surface area contributed by atoms with Gasteiger partial charge in [-0.25, -0.2) is 0 Å². The first-order valence-corrected chi connectivity index (χ1v) is 7.92.